The van der Waals surface area contributed by atoms with E-state index in [9.17, 15) is 0 Å². The van der Waals surface area contributed by atoms with Gasteiger partial charge in [0, 0.05) is 29.4 Å². The van der Waals surface area contributed by atoms with Gasteiger partial charge in [0.25, 0.3) is 0 Å². The minimum absolute atomic E-state index is 0.309. The molecule has 1 saturated carbocycles. The number of aryl methyl sites for hydroxylation is 1. The van der Waals surface area contributed by atoms with Gasteiger partial charge in [-0.15, -0.1) is 0 Å². The van der Waals surface area contributed by atoms with E-state index in [2.05, 4.69) is 26.5 Å². The Hall–Kier alpha value is -3.94. The number of nitrogens with zero attached hydrogens (tertiary/aromatic N) is 7. The van der Waals surface area contributed by atoms with E-state index in [1.54, 1.807) is 23.9 Å². The predicted molar refractivity (Wildman–Crippen MR) is 139 cm³/mol. The number of benzene rings is 1. The smallest absolute Gasteiger partial charge is 0.189 e. The van der Waals surface area contributed by atoms with Crippen molar-refractivity contribution in [1.82, 2.24) is 29.5 Å². The first-order valence-electron chi connectivity index (χ1n) is 12.0. The molecule has 0 aliphatic heterocycles. The zero-order chi connectivity index (χ0) is 26.1. The maximum absolute atomic E-state index is 9.16. The van der Waals surface area contributed by atoms with Gasteiger partial charge >= 0.3 is 0 Å². The second-order valence-corrected chi connectivity index (χ2v) is 9.34. The van der Waals surface area contributed by atoms with Gasteiger partial charge in [0.2, 0.25) is 0 Å². The van der Waals surface area contributed by atoms with Crippen molar-refractivity contribution in [3.05, 3.63) is 59.2 Å². The summed E-state index contributed by atoms with van der Waals surface area (Å²) in [5.74, 6) is 3.07. The van der Waals surface area contributed by atoms with Crippen LogP contribution in [0.4, 0.5) is 11.6 Å². The SMILES string of the molecule is COc1c(-c2ccc(C#N)cc2)nn(CC2CC2)c1Nc1cc(-n2nc(C)c(C(C)OCl)c2C)ncn1. The molecule has 0 saturated heterocycles. The fourth-order valence-electron chi connectivity index (χ4n) is 4.49. The molecule has 1 atom stereocenters. The Kier molecular flexibility index (Phi) is 6.82. The molecular weight excluding hydrogens is 492 g/mol. The Morgan fingerprint density at radius 3 is 2.59 bits per heavy atom. The largest absolute Gasteiger partial charge is 0.491 e. The highest BCUT2D eigenvalue weighted by atomic mass is 35.5. The van der Waals surface area contributed by atoms with E-state index >= 15 is 0 Å². The number of anilines is 2. The first kappa shape index (κ1) is 24.7. The summed E-state index contributed by atoms with van der Waals surface area (Å²) in [7, 11) is 1.62. The van der Waals surface area contributed by atoms with Crippen LogP contribution in [0.1, 0.15) is 48.4 Å². The van der Waals surface area contributed by atoms with Crippen LogP contribution in [-0.2, 0) is 10.8 Å². The molecule has 1 aromatic carbocycles. The van der Waals surface area contributed by atoms with Gasteiger partial charge in [-0.3, -0.25) is 4.29 Å². The van der Waals surface area contributed by atoms with Crippen LogP contribution in [0, 0.1) is 31.1 Å². The van der Waals surface area contributed by atoms with Crippen molar-refractivity contribution in [2.24, 2.45) is 5.92 Å². The van der Waals surface area contributed by atoms with Crippen molar-refractivity contribution >= 4 is 23.5 Å². The summed E-state index contributed by atoms with van der Waals surface area (Å²) in [6.07, 6.45) is 3.54. The molecule has 0 radical (unpaired) electrons. The van der Waals surface area contributed by atoms with Crippen LogP contribution in [0.2, 0.25) is 0 Å². The third-order valence-electron chi connectivity index (χ3n) is 6.53. The van der Waals surface area contributed by atoms with Crippen LogP contribution in [-0.4, -0.2) is 36.6 Å². The minimum atomic E-state index is -0.309. The zero-order valence-corrected chi connectivity index (χ0v) is 21.8. The van der Waals surface area contributed by atoms with E-state index < -0.39 is 0 Å². The number of methoxy groups -OCH3 is 1. The molecule has 37 heavy (non-hydrogen) atoms. The van der Waals surface area contributed by atoms with Crippen molar-refractivity contribution in [3.8, 4) is 28.9 Å². The van der Waals surface area contributed by atoms with Crippen LogP contribution in [0.5, 0.6) is 5.75 Å². The van der Waals surface area contributed by atoms with E-state index in [-0.39, 0.29) is 6.10 Å². The number of hydrogen-bond acceptors (Lipinski definition) is 8. The van der Waals surface area contributed by atoms with Gasteiger partial charge in [-0.25, -0.2) is 19.3 Å². The number of nitrogens with one attached hydrogen (secondary N) is 1. The fourth-order valence-corrected chi connectivity index (χ4v) is 4.58. The van der Waals surface area contributed by atoms with Crippen LogP contribution in [0.15, 0.2) is 36.7 Å². The van der Waals surface area contributed by atoms with Crippen molar-refractivity contribution in [2.45, 2.75) is 46.3 Å². The maximum Gasteiger partial charge on any atom is 0.189 e. The van der Waals surface area contributed by atoms with Gasteiger partial charge in [-0.05, 0) is 51.7 Å². The fraction of sp³-hybridized carbons (Fsp3) is 0.346. The molecule has 1 unspecified atom stereocenters. The Balaban J connectivity index is 1.53. The lowest BCUT2D eigenvalue weighted by Gasteiger charge is -2.12. The summed E-state index contributed by atoms with van der Waals surface area (Å²) in [6.45, 7) is 6.51. The van der Waals surface area contributed by atoms with E-state index in [1.807, 2.05) is 43.7 Å². The summed E-state index contributed by atoms with van der Waals surface area (Å²) in [5, 5.41) is 22.1. The highest BCUT2D eigenvalue weighted by Gasteiger charge is 2.27. The summed E-state index contributed by atoms with van der Waals surface area (Å²) >= 11 is 5.64. The maximum atomic E-state index is 9.16. The van der Waals surface area contributed by atoms with Gasteiger partial charge < -0.3 is 10.1 Å². The number of hydrogen-bond donors (Lipinski definition) is 1. The van der Waals surface area contributed by atoms with Gasteiger partial charge in [0.15, 0.2) is 17.4 Å². The average Bonchev–Trinajstić information content (AvgIpc) is 3.60. The van der Waals surface area contributed by atoms with Crippen molar-refractivity contribution in [3.63, 3.8) is 0 Å². The molecule has 10 nitrogen and oxygen atoms in total. The third kappa shape index (κ3) is 4.88. The molecule has 1 fully saturated rings. The molecule has 1 aliphatic rings. The molecule has 5 rings (SSSR count). The van der Waals surface area contributed by atoms with Gasteiger partial charge in [-0.2, -0.15) is 15.5 Å². The number of halogens is 1. The molecule has 11 heteroatoms. The zero-order valence-electron chi connectivity index (χ0n) is 21.1. The van der Waals surface area contributed by atoms with E-state index in [0.717, 1.165) is 29.1 Å². The van der Waals surface area contributed by atoms with Crippen LogP contribution < -0.4 is 10.1 Å². The van der Waals surface area contributed by atoms with Crippen LogP contribution >= 0.6 is 11.9 Å². The summed E-state index contributed by atoms with van der Waals surface area (Å²) in [6, 6.07) is 11.3. The second-order valence-electron chi connectivity index (χ2n) is 9.16. The third-order valence-corrected chi connectivity index (χ3v) is 6.80. The normalized spacial score (nSPS) is 13.8. The topological polar surface area (TPSA) is 116 Å². The molecule has 4 aromatic rings. The van der Waals surface area contributed by atoms with Gasteiger partial charge in [0.1, 0.15) is 23.9 Å². The Bertz CT molecular complexity index is 1470. The van der Waals surface area contributed by atoms with Gasteiger partial charge in [0.05, 0.1) is 36.3 Å². The lowest BCUT2D eigenvalue weighted by Crippen LogP contribution is -2.09. The average molecular weight is 519 g/mol. The first-order chi connectivity index (χ1) is 17.9. The monoisotopic (exact) mass is 518 g/mol. The number of ether oxygens (including phenoxy) is 1. The minimum Gasteiger partial charge on any atom is -0.491 e. The van der Waals surface area contributed by atoms with E-state index in [4.69, 9.17) is 31.3 Å². The molecule has 3 heterocycles. The standard InChI is InChI=1S/C26H27ClN8O2/c1-15-23(17(3)37-27)16(2)35(32-15)22-11-21(29-14-30-22)31-26-25(36-4)24(33-34(26)13-19-5-6-19)20-9-7-18(12-28)8-10-20/h7-11,14,17,19H,5-6,13H2,1-4H3,(H,29,30,31). The molecular formula is C26H27ClN8O2. The van der Waals surface area contributed by atoms with E-state index in [1.165, 1.54) is 19.2 Å². The van der Waals surface area contributed by atoms with Crippen molar-refractivity contribution in [1.29, 1.82) is 5.26 Å². The lowest BCUT2D eigenvalue weighted by atomic mass is 10.1. The molecule has 190 valence electrons. The highest BCUT2D eigenvalue weighted by molar-refractivity contribution is 6.07. The van der Waals surface area contributed by atoms with E-state index in [0.29, 0.717) is 40.4 Å². The summed E-state index contributed by atoms with van der Waals surface area (Å²) < 4.78 is 14.5. The predicted octanol–water partition coefficient (Wildman–Crippen LogP) is 5.41. The molecule has 0 amide bonds. The van der Waals surface area contributed by atoms with Crippen molar-refractivity contribution in [2.75, 3.05) is 12.4 Å². The second kappa shape index (κ2) is 10.2. The highest BCUT2D eigenvalue weighted by Crippen LogP contribution is 2.40. The number of aromatic nitrogens is 6. The number of nitriles is 1. The van der Waals surface area contributed by atoms with Crippen LogP contribution in [0.3, 0.4) is 0 Å². The summed E-state index contributed by atoms with van der Waals surface area (Å²) in [5.41, 5.74) is 4.76. The molecule has 1 aliphatic carbocycles. The van der Waals surface area contributed by atoms with Gasteiger partial charge in [-0.1, -0.05) is 12.1 Å². The molecule has 1 N–H and O–H groups in total. The Morgan fingerprint density at radius 2 is 1.95 bits per heavy atom. The van der Waals surface area contributed by atoms with Crippen LogP contribution in [0.25, 0.3) is 17.1 Å². The summed E-state index contributed by atoms with van der Waals surface area (Å²) in [4.78, 5) is 8.88. The van der Waals surface area contributed by atoms with Crippen molar-refractivity contribution < 1.29 is 9.03 Å². The molecule has 0 spiro atoms. The lowest BCUT2D eigenvalue weighted by molar-refractivity contribution is 0.251. The molecule has 3 aromatic heterocycles. The molecule has 0 bridgehead atoms. The quantitative estimate of drug-likeness (QED) is 0.313. The Labute approximate surface area is 220 Å². The first-order valence-corrected chi connectivity index (χ1v) is 12.3. The Morgan fingerprint density at radius 1 is 1.19 bits per heavy atom. The number of rotatable bonds is 9.